The molecule has 0 aromatic carbocycles. The van der Waals surface area contributed by atoms with Crippen LogP contribution in [0.3, 0.4) is 0 Å². The molecule has 2 fully saturated rings. The summed E-state index contributed by atoms with van der Waals surface area (Å²) in [4.78, 5) is 2.79. The highest BCUT2D eigenvalue weighted by Gasteiger charge is 2.38. The lowest BCUT2D eigenvalue weighted by atomic mass is 9.76. The summed E-state index contributed by atoms with van der Waals surface area (Å²) in [5, 5.41) is 3.66. The maximum atomic E-state index is 3.66. The third-order valence-electron chi connectivity index (χ3n) is 5.11. The predicted octanol–water partition coefficient (Wildman–Crippen LogP) is 2.88. The van der Waals surface area contributed by atoms with Crippen LogP contribution in [0.15, 0.2) is 0 Å². The third-order valence-corrected chi connectivity index (χ3v) is 5.11. The second-order valence-corrected chi connectivity index (χ2v) is 7.12. The van der Waals surface area contributed by atoms with Crippen LogP contribution in [-0.4, -0.2) is 35.6 Å². The first kappa shape index (κ1) is 13.4. The Morgan fingerprint density at radius 1 is 1.12 bits per heavy atom. The monoisotopic (exact) mass is 238 g/mol. The van der Waals surface area contributed by atoms with Crippen LogP contribution in [0.1, 0.15) is 53.9 Å². The van der Waals surface area contributed by atoms with Gasteiger partial charge in [0, 0.05) is 30.7 Å². The molecule has 1 saturated heterocycles. The smallest absolute Gasteiger partial charge is 0.0253 e. The molecule has 0 aromatic heterocycles. The predicted molar refractivity (Wildman–Crippen MR) is 74.2 cm³/mol. The first-order chi connectivity index (χ1) is 7.91. The Labute approximate surface area is 107 Å². The Morgan fingerprint density at radius 2 is 1.82 bits per heavy atom. The highest BCUT2D eigenvalue weighted by atomic mass is 15.3. The quantitative estimate of drug-likeness (QED) is 0.755. The summed E-state index contributed by atoms with van der Waals surface area (Å²) >= 11 is 0. The Hall–Kier alpha value is -0.0800. The van der Waals surface area contributed by atoms with Crippen molar-refractivity contribution in [2.75, 3.05) is 13.1 Å². The zero-order valence-electron chi connectivity index (χ0n) is 12.3. The molecule has 1 saturated carbocycles. The minimum atomic E-state index is 0.285. The van der Waals surface area contributed by atoms with Crippen molar-refractivity contribution in [1.29, 1.82) is 0 Å². The molecular formula is C15H30N2. The maximum absolute atomic E-state index is 3.66. The van der Waals surface area contributed by atoms with Gasteiger partial charge in [0.15, 0.2) is 0 Å². The molecule has 4 atom stereocenters. The highest BCUT2D eigenvalue weighted by molar-refractivity contribution is 4.96. The normalized spacial score (nSPS) is 43.6. The Balaban J connectivity index is 2.08. The number of nitrogens with zero attached hydrogens (tertiary/aromatic N) is 1. The van der Waals surface area contributed by atoms with Crippen molar-refractivity contribution in [3.8, 4) is 0 Å². The van der Waals surface area contributed by atoms with E-state index >= 15 is 0 Å². The van der Waals surface area contributed by atoms with Crippen molar-refractivity contribution in [1.82, 2.24) is 10.2 Å². The molecule has 100 valence electrons. The summed E-state index contributed by atoms with van der Waals surface area (Å²) in [6, 6.07) is 1.51. The summed E-state index contributed by atoms with van der Waals surface area (Å²) < 4.78 is 0. The first-order valence-electron chi connectivity index (χ1n) is 7.41. The molecule has 17 heavy (non-hydrogen) atoms. The molecule has 2 heteroatoms. The van der Waals surface area contributed by atoms with Crippen LogP contribution < -0.4 is 5.32 Å². The Kier molecular flexibility index (Phi) is 3.84. The van der Waals surface area contributed by atoms with Crippen molar-refractivity contribution in [3.05, 3.63) is 0 Å². The van der Waals surface area contributed by atoms with Crippen LogP contribution >= 0.6 is 0 Å². The molecule has 1 aliphatic heterocycles. The lowest BCUT2D eigenvalue weighted by Gasteiger charge is -2.51. The Morgan fingerprint density at radius 3 is 2.53 bits per heavy atom. The number of nitrogens with one attached hydrogen (secondary N) is 1. The molecule has 1 N–H and O–H groups in total. The van der Waals surface area contributed by atoms with Crippen LogP contribution in [0.4, 0.5) is 0 Å². The van der Waals surface area contributed by atoms with E-state index in [1.165, 1.54) is 25.8 Å². The van der Waals surface area contributed by atoms with Crippen LogP contribution in [0.5, 0.6) is 0 Å². The van der Waals surface area contributed by atoms with Gasteiger partial charge in [-0.15, -0.1) is 0 Å². The summed E-state index contributed by atoms with van der Waals surface area (Å²) in [6.07, 6.45) is 4.26. The zero-order chi connectivity index (χ0) is 12.6. The first-order valence-corrected chi connectivity index (χ1v) is 7.41. The van der Waals surface area contributed by atoms with E-state index in [1.807, 2.05) is 0 Å². The SMILES string of the molecule is CC1CCCC(N2CC(C)(C)NCC2C)C1C. The molecule has 2 nitrogen and oxygen atoms in total. The van der Waals surface area contributed by atoms with Gasteiger partial charge in [-0.1, -0.05) is 26.7 Å². The molecule has 1 heterocycles. The molecule has 4 unspecified atom stereocenters. The fourth-order valence-electron chi connectivity index (χ4n) is 3.68. The average molecular weight is 238 g/mol. The van der Waals surface area contributed by atoms with Crippen LogP contribution in [0.25, 0.3) is 0 Å². The standard InChI is InChI=1S/C15H30N2/c1-11-7-6-8-14(13(11)3)17-10-15(4,5)16-9-12(17)2/h11-14,16H,6-10H2,1-5H3. The molecule has 1 aliphatic carbocycles. The minimum Gasteiger partial charge on any atom is -0.309 e. The van der Waals surface area contributed by atoms with Gasteiger partial charge < -0.3 is 5.32 Å². The van der Waals surface area contributed by atoms with Crippen molar-refractivity contribution < 1.29 is 0 Å². The molecule has 0 radical (unpaired) electrons. The summed E-state index contributed by atoms with van der Waals surface area (Å²) in [6.45, 7) is 14.3. The topological polar surface area (TPSA) is 15.3 Å². The van der Waals surface area contributed by atoms with Gasteiger partial charge in [-0.3, -0.25) is 4.90 Å². The summed E-state index contributed by atoms with van der Waals surface area (Å²) in [7, 11) is 0. The lowest BCUT2D eigenvalue weighted by Crippen LogP contribution is -2.64. The van der Waals surface area contributed by atoms with Crippen molar-refractivity contribution >= 4 is 0 Å². The van der Waals surface area contributed by atoms with Gasteiger partial charge in [0.25, 0.3) is 0 Å². The van der Waals surface area contributed by atoms with Gasteiger partial charge in [-0.2, -0.15) is 0 Å². The van der Waals surface area contributed by atoms with Gasteiger partial charge in [0.2, 0.25) is 0 Å². The molecule has 0 amide bonds. The molecular weight excluding hydrogens is 208 g/mol. The van der Waals surface area contributed by atoms with Crippen molar-refractivity contribution in [2.24, 2.45) is 11.8 Å². The van der Waals surface area contributed by atoms with E-state index in [4.69, 9.17) is 0 Å². The van der Waals surface area contributed by atoms with E-state index in [9.17, 15) is 0 Å². The van der Waals surface area contributed by atoms with Crippen LogP contribution in [0, 0.1) is 11.8 Å². The Bertz CT molecular complexity index is 262. The minimum absolute atomic E-state index is 0.285. The fraction of sp³-hybridized carbons (Fsp3) is 1.00. The molecule has 2 rings (SSSR count). The van der Waals surface area contributed by atoms with Gasteiger partial charge in [-0.25, -0.2) is 0 Å². The second-order valence-electron chi connectivity index (χ2n) is 7.12. The van der Waals surface area contributed by atoms with Crippen LogP contribution in [0.2, 0.25) is 0 Å². The lowest BCUT2D eigenvalue weighted by molar-refractivity contribution is 0.00764. The van der Waals surface area contributed by atoms with E-state index < -0.39 is 0 Å². The number of hydrogen-bond acceptors (Lipinski definition) is 2. The zero-order valence-corrected chi connectivity index (χ0v) is 12.3. The van der Waals surface area contributed by atoms with E-state index in [0.717, 1.165) is 24.4 Å². The second kappa shape index (κ2) is 4.89. The van der Waals surface area contributed by atoms with E-state index in [-0.39, 0.29) is 5.54 Å². The fourth-order valence-corrected chi connectivity index (χ4v) is 3.68. The number of rotatable bonds is 1. The van der Waals surface area contributed by atoms with Gasteiger partial charge in [0.1, 0.15) is 0 Å². The number of hydrogen-bond donors (Lipinski definition) is 1. The van der Waals surface area contributed by atoms with E-state index in [0.29, 0.717) is 6.04 Å². The van der Waals surface area contributed by atoms with E-state index in [2.05, 4.69) is 44.8 Å². The van der Waals surface area contributed by atoms with Crippen molar-refractivity contribution in [2.45, 2.75) is 71.5 Å². The third kappa shape index (κ3) is 2.85. The van der Waals surface area contributed by atoms with Crippen LogP contribution in [-0.2, 0) is 0 Å². The molecule has 0 spiro atoms. The maximum Gasteiger partial charge on any atom is 0.0253 e. The summed E-state index contributed by atoms with van der Waals surface area (Å²) in [5.74, 6) is 1.76. The number of piperazine rings is 1. The average Bonchev–Trinajstić information content (AvgIpc) is 2.26. The van der Waals surface area contributed by atoms with E-state index in [1.54, 1.807) is 0 Å². The largest absolute Gasteiger partial charge is 0.309 e. The van der Waals surface area contributed by atoms with Gasteiger partial charge in [0.05, 0.1) is 0 Å². The molecule has 2 aliphatic rings. The highest BCUT2D eigenvalue weighted by Crippen LogP contribution is 2.35. The molecule has 0 bridgehead atoms. The summed E-state index contributed by atoms with van der Waals surface area (Å²) in [5.41, 5.74) is 0.285. The van der Waals surface area contributed by atoms with Crippen molar-refractivity contribution in [3.63, 3.8) is 0 Å². The molecule has 0 aromatic rings. The van der Waals surface area contributed by atoms with Gasteiger partial charge >= 0.3 is 0 Å². The van der Waals surface area contributed by atoms with Gasteiger partial charge in [-0.05, 0) is 39.0 Å².